The van der Waals surface area contributed by atoms with Crippen molar-refractivity contribution in [3.8, 4) is 0 Å². The second kappa shape index (κ2) is 8.99. The van der Waals surface area contributed by atoms with Gasteiger partial charge in [-0.1, -0.05) is 6.07 Å². The Hall–Kier alpha value is -2.15. The summed E-state index contributed by atoms with van der Waals surface area (Å²) < 4.78 is 10.0. The molecule has 0 radical (unpaired) electrons. The number of nitrogens with one attached hydrogen (secondary N) is 1. The lowest BCUT2D eigenvalue weighted by Crippen LogP contribution is -2.20. The molecule has 0 saturated carbocycles. The number of hydrogen-bond donors (Lipinski definition) is 1. The number of benzene rings is 1. The van der Waals surface area contributed by atoms with Gasteiger partial charge >= 0.3 is 11.9 Å². The zero-order valence-electron chi connectivity index (χ0n) is 12.2. The minimum absolute atomic E-state index is 0.214. The van der Waals surface area contributed by atoms with E-state index in [-0.39, 0.29) is 6.61 Å². The molecule has 7 heteroatoms. The summed E-state index contributed by atoms with van der Waals surface area (Å²) in [7, 11) is 0. The zero-order valence-corrected chi connectivity index (χ0v) is 13.8. The molecule has 0 aromatic heterocycles. The highest BCUT2D eigenvalue weighted by molar-refractivity contribution is 9.10. The van der Waals surface area contributed by atoms with E-state index in [2.05, 4.69) is 26.0 Å². The number of ether oxygens (including phenoxy) is 2. The van der Waals surface area contributed by atoms with Crippen LogP contribution in [-0.4, -0.2) is 31.1 Å². The molecule has 6 nitrogen and oxygen atoms in total. The fraction of sp³-hybridized carbons (Fsp3) is 0.267. The van der Waals surface area contributed by atoms with Crippen molar-refractivity contribution in [1.82, 2.24) is 0 Å². The van der Waals surface area contributed by atoms with Crippen LogP contribution in [0, 0.1) is 6.92 Å². The van der Waals surface area contributed by atoms with Crippen LogP contribution < -0.4 is 5.32 Å². The molecule has 0 fully saturated rings. The first-order valence-corrected chi connectivity index (χ1v) is 7.29. The highest BCUT2D eigenvalue weighted by Gasteiger charge is 2.08. The molecule has 0 spiro atoms. The van der Waals surface area contributed by atoms with Crippen LogP contribution >= 0.6 is 15.9 Å². The molecule has 0 atom stereocenters. The molecule has 1 rings (SSSR count). The molecule has 0 heterocycles. The minimum atomic E-state index is -0.800. The van der Waals surface area contributed by atoms with Gasteiger partial charge in [-0.15, -0.1) is 0 Å². The summed E-state index contributed by atoms with van der Waals surface area (Å²) in [5, 5.41) is 2.60. The number of hydrogen-bond acceptors (Lipinski definition) is 5. The number of esters is 2. The standard InChI is InChI=1S/C15H16BrNO5/c1-3-21-14(19)6-7-15(20)22-9-13(18)17-12-5-4-10(2)8-11(12)16/h4-8H,3,9H2,1-2H3,(H,17,18). The molecule has 1 amide bonds. The third-order valence-corrected chi connectivity index (χ3v) is 3.04. The number of halogens is 1. The van der Waals surface area contributed by atoms with Crippen LogP contribution in [-0.2, 0) is 23.9 Å². The van der Waals surface area contributed by atoms with Crippen molar-refractivity contribution >= 4 is 39.5 Å². The van der Waals surface area contributed by atoms with Gasteiger partial charge in [0, 0.05) is 16.6 Å². The molecule has 1 aromatic carbocycles. The van der Waals surface area contributed by atoms with Crippen molar-refractivity contribution in [2.45, 2.75) is 13.8 Å². The summed E-state index contributed by atoms with van der Waals surface area (Å²) in [6, 6.07) is 5.43. The van der Waals surface area contributed by atoms with E-state index in [1.807, 2.05) is 19.1 Å². The number of carbonyl (C=O) groups excluding carboxylic acids is 3. The largest absolute Gasteiger partial charge is 0.463 e. The zero-order chi connectivity index (χ0) is 16.5. The monoisotopic (exact) mass is 369 g/mol. The Morgan fingerprint density at radius 1 is 1.18 bits per heavy atom. The molecule has 0 aliphatic carbocycles. The molecule has 1 aromatic rings. The second-order valence-corrected chi connectivity index (χ2v) is 5.08. The first-order chi connectivity index (χ1) is 10.4. The highest BCUT2D eigenvalue weighted by Crippen LogP contribution is 2.23. The quantitative estimate of drug-likeness (QED) is 0.614. The molecule has 118 valence electrons. The fourth-order valence-corrected chi connectivity index (χ4v) is 2.01. The Kier molecular flexibility index (Phi) is 7.31. The van der Waals surface area contributed by atoms with Crippen LogP contribution in [0.4, 0.5) is 5.69 Å². The third-order valence-electron chi connectivity index (χ3n) is 2.39. The summed E-state index contributed by atoms with van der Waals surface area (Å²) in [4.78, 5) is 34.0. The van der Waals surface area contributed by atoms with Crippen LogP contribution in [0.2, 0.25) is 0 Å². The van der Waals surface area contributed by atoms with Gasteiger partial charge in [-0.25, -0.2) is 9.59 Å². The van der Waals surface area contributed by atoms with Gasteiger partial charge in [0.25, 0.3) is 5.91 Å². The number of aryl methyl sites for hydroxylation is 1. The van der Waals surface area contributed by atoms with Gasteiger partial charge in [-0.3, -0.25) is 4.79 Å². The van der Waals surface area contributed by atoms with Gasteiger partial charge in [-0.05, 0) is 47.5 Å². The molecule has 0 aliphatic rings. The van der Waals surface area contributed by atoms with Gasteiger partial charge in [0.2, 0.25) is 0 Å². The van der Waals surface area contributed by atoms with E-state index in [4.69, 9.17) is 4.74 Å². The van der Waals surface area contributed by atoms with Crippen molar-refractivity contribution in [3.63, 3.8) is 0 Å². The first-order valence-electron chi connectivity index (χ1n) is 6.50. The Bertz CT molecular complexity index is 598. The average molecular weight is 370 g/mol. The maximum absolute atomic E-state index is 11.7. The number of rotatable bonds is 6. The summed E-state index contributed by atoms with van der Waals surface area (Å²) in [5.74, 6) is -1.93. The van der Waals surface area contributed by atoms with Crippen molar-refractivity contribution in [1.29, 1.82) is 0 Å². The lowest BCUT2D eigenvalue weighted by atomic mass is 10.2. The van der Waals surface area contributed by atoms with Crippen LogP contribution in [0.1, 0.15) is 12.5 Å². The second-order valence-electron chi connectivity index (χ2n) is 4.22. The van der Waals surface area contributed by atoms with E-state index in [1.54, 1.807) is 13.0 Å². The van der Waals surface area contributed by atoms with Gasteiger partial charge in [0.1, 0.15) is 0 Å². The molecular formula is C15H16BrNO5. The maximum Gasteiger partial charge on any atom is 0.331 e. The SMILES string of the molecule is CCOC(=O)C=CC(=O)OCC(=O)Nc1ccc(C)cc1Br. The van der Waals surface area contributed by atoms with Crippen LogP contribution in [0.25, 0.3) is 0 Å². The van der Waals surface area contributed by atoms with Crippen LogP contribution in [0.15, 0.2) is 34.8 Å². The first kappa shape index (κ1) is 17.9. The third kappa shape index (κ3) is 6.53. The number of carbonyl (C=O) groups is 3. The van der Waals surface area contributed by atoms with Gasteiger partial charge in [-0.2, -0.15) is 0 Å². The van der Waals surface area contributed by atoms with Gasteiger partial charge < -0.3 is 14.8 Å². The van der Waals surface area contributed by atoms with Crippen LogP contribution in [0.5, 0.6) is 0 Å². The van der Waals surface area contributed by atoms with E-state index in [9.17, 15) is 14.4 Å². The van der Waals surface area contributed by atoms with E-state index in [1.165, 1.54) is 0 Å². The Labute approximate surface area is 136 Å². The topological polar surface area (TPSA) is 81.7 Å². The molecule has 0 unspecified atom stereocenters. The summed E-state index contributed by atoms with van der Waals surface area (Å²) in [5.41, 5.74) is 1.62. The highest BCUT2D eigenvalue weighted by atomic mass is 79.9. The van der Waals surface area contributed by atoms with Crippen molar-refractivity contribution in [2.75, 3.05) is 18.5 Å². The molecule has 0 bridgehead atoms. The average Bonchev–Trinajstić information content (AvgIpc) is 2.46. The lowest BCUT2D eigenvalue weighted by Gasteiger charge is -2.08. The van der Waals surface area contributed by atoms with E-state index in [0.29, 0.717) is 5.69 Å². The van der Waals surface area contributed by atoms with Gasteiger partial charge in [0.15, 0.2) is 6.61 Å². The molecule has 0 aliphatic heterocycles. The number of anilines is 1. The summed E-state index contributed by atoms with van der Waals surface area (Å²) in [6.07, 6.45) is 1.85. The fourth-order valence-electron chi connectivity index (χ4n) is 1.42. The summed E-state index contributed by atoms with van der Waals surface area (Å²) in [6.45, 7) is 3.34. The van der Waals surface area contributed by atoms with Crippen molar-refractivity contribution in [2.24, 2.45) is 0 Å². The van der Waals surface area contributed by atoms with Gasteiger partial charge in [0.05, 0.1) is 12.3 Å². The molecular weight excluding hydrogens is 354 g/mol. The molecule has 22 heavy (non-hydrogen) atoms. The lowest BCUT2D eigenvalue weighted by molar-refractivity contribution is -0.143. The minimum Gasteiger partial charge on any atom is -0.463 e. The Morgan fingerprint density at radius 3 is 2.41 bits per heavy atom. The Morgan fingerprint density at radius 2 is 1.82 bits per heavy atom. The van der Waals surface area contributed by atoms with E-state index >= 15 is 0 Å². The normalized spacial score (nSPS) is 10.3. The molecule has 1 N–H and O–H groups in total. The smallest absolute Gasteiger partial charge is 0.331 e. The Balaban J connectivity index is 2.42. The molecule has 0 saturated heterocycles. The maximum atomic E-state index is 11.7. The van der Waals surface area contributed by atoms with E-state index in [0.717, 1.165) is 22.2 Å². The summed E-state index contributed by atoms with van der Waals surface area (Å²) >= 11 is 3.33. The van der Waals surface area contributed by atoms with Crippen LogP contribution in [0.3, 0.4) is 0 Å². The van der Waals surface area contributed by atoms with Crippen molar-refractivity contribution in [3.05, 3.63) is 40.4 Å². The number of amides is 1. The predicted octanol–water partition coefficient (Wildman–Crippen LogP) is 2.36. The van der Waals surface area contributed by atoms with Crippen molar-refractivity contribution < 1.29 is 23.9 Å². The van der Waals surface area contributed by atoms with E-state index < -0.39 is 24.5 Å². The predicted molar refractivity (Wildman–Crippen MR) is 84.2 cm³/mol.